The lowest BCUT2D eigenvalue weighted by atomic mass is 10.1. The third kappa shape index (κ3) is 3.93. The summed E-state index contributed by atoms with van der Waals surface area (Å²) < 4.78 is 5.02. The summed E-state index contributed by atoms with van der Waals surface area (Å²) in [4.78, 5) is 1.35. The van der Waals surface area contributed by atoms with E-state index < -0.39 is 0 Å². The summed E-state index contributed by atoms with van der Waals surface area (Å²) >= 11 is 1.89. The Kier molecular flexibility index (Phi) is 4.90. The molecule has 0 atom stereocenters. The second-order valence-electron chi connectivity index (χ2n) is 4.40. The fourth-order valence-electron chi connectivity index (χ4n) is 1.67. The normalized spacial score (nSPS) is 10.8. The van der Waals surface area contributed by atoms with E-state index in [4.69, 9.17) is 4.42 Å². The van der Waals surface area contributed by atoms with Crippen LogP contribution in [-0.2, 0) is 6.54 Å². The lowest BCUT2D eigenvalue weighted by Crippen LogP contribution is -2.15. The van der Waals surface area contributed by atoms with Gasteiger partial charge in [-0.3, -0.25) is 0 Å². The van der Waals surface area contributed by atoms with Gasteiger partial charge < -0.3 is 9.73 Å². The minimum Gasteiger partial charge on any atom is -0.472 e. The van der Waals surface area contributed by atoms with Crippen LogP contribution in [0.1, 0.15) is 16.7 Å². The molecule has 0 unspecified atom stereocenters. The highest BCUT2D eigenvalue weighted by Gasteiger charge is 1.98. The zero-order valence-corrected chi connectivity index (χ0v) is 11.7. The molecule has 0 aliphatic carbocycles. The Balaban J connectivity index is 1.67. The molecule has 0 aliphatic rings. The molecule has 0 aliphatic heterocycles. The lowest BCUT2D eigenvalue weighted by Gasteiger charge is -2.06. The van der Waals surface area contributed by atoms with E-state index >= 15 is 0 Å². The van der Waals surface area contributed by atoms with Gasteiger partial charge in [-0.05, 0) is 43.2 Å². The average Bonchev–Trinajstić information content (AvgIpc) is 2.86. The van der Waals surface area contributed by atoms with Gasteiger partial charge in [-0.1, -0.05) is 6.07 Å². The number of aryl methyl sites for hydroxylation is 2. The highest BCUT2D eigenvalue weighted by Crippen LogP contribution is 2.20. The first-order valence-electron chi connectivity index (χ1n) is 6.17. The van der Waals surface area contributed by atoms with Crippen LogP contribution in [0.2, 0.25) is 0 Å². The first-order chi connectivity index (χ1) is 8.75. The SMILES string of the molecule is Cc1ccc(SCCNCc2ccoc2)cc1C. The predicted octanol–water partition coefficient (Wildman–Crippen LogP) is 3.78. The van der Waals surface area contributed by atoms with E-state index in [9.17, 15) is 0 Å². The van der Waals surface area contributed by atoms with E-state index in [1.165, 1.54) is 21.6 Å². The van der Waals surface area contributed by atoms with Crippen LogP contribution in [0.4, 0.5) is 0 Å². The van der Waals surface area contributed by atoms with Gasteiger partial charge in [-0.2, -0.15) is 0 Å². The molecule has 2 rings (SSSR count). The Bertz CT molecular complexity index is 479. The fourth-order valence-corrected chi connectivity index (χ4v) is 2.58. The maximum atomic E-state index is 5.02. The van der Waals surface area contributed by atoms with Crippen molar-refractivity contribution in [1.29, 1.82) is 0 Å². The zero-order valence-electron chi connectivity index (χ0n) is 10.9. The fraction of sp³-hybridized carbons (Fsp3) is 0.333. The Labute approximate surface area is 113 Å². The molecule has 1 N–H and O–H groups in total. The Morgan fingerprint density at radius 1 is 1.17 bits per heavy atom. The molecule has 18 heavy (non-hydrogen) atoms. The van der Waals surface area contributed by atoms with E-state index in [1.807, 2.05) is 17.8 Å². The van der Waals surface area contributed by atoms with E-state index in [2.05, 4.69) is 37.4 Å². The van der Waals surface area contributed by atoms with Crippen LogP contribution in [0.5, 0.6) is 0 Å². The number of benzene rings is 1. The van der Waals surface area contributed by atoms with Crippen molar-refractivity contribution in [1.82, 2.24) is 5.32 Å². The summed E-state index contributed by atoms with van der Waals surface area (Å²) in [5.41, 5.74) is 3.93. The molecule has 1 heterocycles. The van der Waals surface area contributed by atoms with Crippen molar-refractivity contribution < 1.29 is 4.42 Å². The number of rotatable bonds is 6. The summed E-state index contributed by atoms with van der Waals surface area (Å²) in [5.74, 6) is 1.08. The second-order valence-corrected chi connectivity index (χ2v) is 5.57. The van der Waals surface area contributed by atoms with Crippen LogP contribution in [-0.4, -0.2) is 12.3 Å². The lowest BCUT2D eigenvalue weighted by molar-refractivity contribution is 0.561. The van der Waals surface area contributed by atoms with Crippen LogP contribution in [0.3, 0.4) is 0 Å². The van der Waals surface area contributed by atoms with Crippen molar-refractivity contribution >= 4 is 11.8 Å². The van der Waals surface area contributed by atoms with Gasteiger partial charge in [0, 0.05) is 29.3 Å². The van der Waals surface area contributed by atoms with E-state index in [1.54, 1.807) is 12.5 Å². The highest BCUT2D eigenvalue weighted by atomic mass is 32.2. The first kappa shape index (κ1) is 13.2. The number of nitrogens with one attached hydrogen (secondary N) is 1. The van der Waals surface area contributed by atoms with Crippen molar-refractivity contribution in [3.05, 3.63) is 53.5 Å². The van der Waals surface area contributed by atoms with Gasteiger partial charge in [-0.15, -0.1) is 11.8 Å². The summed E-state index contributed by atoms with van der Waals surface area (Å²) in [7, 11) is 0. The predicted molar refractivity (Wildman–Crippen MR) is 77.1 cm³/mol. The maximum Gasteiger partial charge on any atom is 0.0947 e. The second kappa shape index (κ2) is 6.66. The molecular weight excluding hydrogens is 242 g/mol. The van der Waals surface area contributed by atoms with Gasteiger partial charge >= 0.3 is 0 Å². The molecule has 0 amide bonds. The summed E-state index contributed by atoms with van der Waals surface area (Å²) in [5, 5.41) is 3.40. The molecule has 2 nitrogen and oxygen atoms in total. The van der Waals surface area contributed by atoms with Gasteiger partial charge in [0.05, 0.1) is 12.5 Å². The molecular formula is C15H19NOS. The Morgan fingerprint density at radius 2 is 2.06 bits per heavy atom. The summed E-state index contributed by atoms with van der Waals surface area (Å²) in [6.07, 6.45) is 3.49. The quantitative estimate of drug-likeness (QED) is 0.633. The van der Waals surface area contributed by atoms with Crippen LogP contribution >= 0.6 is 11.8 Å². The monoisotopic (exact) mass is 261 g/mol. The molecule has 96 valence electrons. The van der Waals surface area contributed by atoms with E-state index in [0.717, 1.165) is 18.8 Å². The Morgan fingerprint density at radius 3 is 2.78 bits per heavy atom. The highest BCUT2D eigenvalue weighted by molar-refractivity contribution is 7.99. The summed E-state index contributed by atoms with van der Waals surface area (Å²) in [6.45, 7) is 6.19. The molecule has 0 radical (unpaired) electrons. The number of furan rings is 1. The van der Waals surface area contributed by atoms with Crippen molar-refractivity contribution in [2.75, 3.05) is 12.3 Å². The van der Waals surface area contributed by atoms with Gasteiger partial charge in [-0.25, -0.2) is 0 Å². The molecule has 0 bridgehead atoms. The van der Waals surface area contributed by atoms with Gasteiger partial charge in [0.1, 0.15) is 0 Å². The third-order valence-electron chi connectivity index (χ3n) is 2.94. The largest absolute Gasteiger partial charge is 0.472 e. The molecule has 0 saturated heterocycles. The molecule has 3 heteroatoms. The number of thioether (sulfide) groups is 1. The first-order valence-corrected chi connectivity index (χ1v) is 7.16. The maximum absolute atomic E-state index is 5.02. The third-order valence-corrected chi connectivity index (χ3v) is 3.93. The Hall–Kier alpha value is -1.19. The molecule has 1 aromatic carbocycles. The van der Waals surface area contributed by atoms with Crippen molar-refractivity contribution in [3.63, 3.8) is 0 Å². The standard InChI is InChI=1S/C15H19NOS/c1-12-3-4-15(9-13(12)2)18-8-6-16-10-14-5-7-17-11-14/h3-5,7,9,11,16H,6,8,10H2,1-2H3. The van der Waals surface area contributed by atoms with E-state index in [0.29, 0.717) is 0 Å². The molecule has 0 spiro atoms. The van der Waals surface area contributed by atoms with Crippen LogP contribution in [0.15, 0.2) is 46.1 Å². The van der Waals surface area contributed by atoms with Gasteiger partial charge in [0.15, 0.2) is 0 Å². The van der Waals surface area contributed by atoms with Crippen molar-refractivity contribution in [3.8, 4) is 0 Å². The van der Waals surface area contributed by atoms with Crippen molar-refractivity contribution in [2.24, 2.45) is 0 Å². The molecule has 1 aromatic heterocycles. The molecule has 0 fully saturated rings. The van der Waals surface area contributed by atoms with Crippen LogP contribution in [0.25, 0.3) is 0 Å². The topological polar surface area (TPSA) is 25.2 Å². The van der Waals surface area contributed by atoms with Crippen LogP contribution < -0.4 is 5.32 Å². The number of hydrogen-bond acceptors (Lipinski definition) is 3. The van der Waals surface area contributed by atoms with Crippen LogP contribution in [0, 0.1) is 13.8 Å². The van der Waals surface area contributed by atoms with E-state index in [-0.39, 0.29) is 0 Å². The van der Waals surface area contributed by atoms with Gasteiger partial charge in [0.25, 0.3) is 0 Å². The molecule has 2 aromatic rings. The minimum atomic E-state index is 0.879. The minimum absolute atomic E-state index is 0.879. The smallest absolute Gasteiger partial charge is 0.0947 e. The van der Waals surface area contributed by atoms with Crippen molar-refractivity contribution in [2.45, 2.75) is 25.3 Å². The zero-order chi connectivity index (χ0) is 12.8. The van der Waals surface area contributed by atoms with Gasteiger partial charge in [0.2, 0.25) is 0 Å². The summed E-state index contributed by atoms with van der Waals surface area (Å²) in [6, 6.07) is 8.64. The number of hydrogen-bond donors (Lipinski definition) is 1. The molecule has 0 saturated carbocycles. The average molecular weight is 261 g/mol.